The Morgan fingerprint density at radius 3 is 1.72 bits per heavy atom. The second-order valence-electron chi connectivity index (χ2n) is 6.38. The van der Waals surface area contributed by atoms with Crippen molar-refractivity contribution in [2.45, 2.75) is 0 Å². The number of nitrogens with zero attached hydrogens (tertiary/aromatic N) is 3. The number of hydrazone groups is 1. The molecule has 0 aliphatic heterocycles. The van der Waals surface area contributed by atoms with Gasteiger partial charge in [-0.25, -0.2) is 5.43 Å². The van der Waals surface area contributed by atoms with Crippen LogP contribution in [0.25, 0.3) is 0 Å². The number of hydrogen-bond donors (Lipinski definition) is 2. The van der Waals surface area contributed by atoms with Crippen molar-refractivity contribution in [3.05, 3.63) is 110 Å². The third-order valence-electron chi connectivity index (χ3n) is 4.23. The van der Waals surface area contributed by atoms with Crippen molar-refractivity contribution in [1.29, 1.82) is 0 Å². The largest absolute Gasteiger partial charge is 0.322 e. The molecule has 2 amide bonds. The number of carbonyl (C=O) groups is 2. The first-order valence-electron chi connectivity index (χ1n) is 9.07. The van der Waals surface area contributed by atoms with E-state index in [-0.39, 0.29) is 16.9 Å². The third kappa shape index (κ3) is 5.57. The summed E-state index contributed by atoms with van der Waals surface area (Å²) in [5, 5.41) is 27.7. The summed E-state index contributed by atoms with van der Waals surface area (Å²) in [5.41, 5.74) is 3.71. The molecule has 0 saturated heterocycles. The second kappa shape index (κ2) is 9.71. The minimum atomic E-state index is -0.554. The highest BCUT2D eigenvalue weighted by molar-refractivity contribution is 6.04. The molecule has 0 fully saturated rings. The Bertz CT molecular complexity index is 1190. The van der Waals surface area contributed by atoms with Crippen LogP contribution in [-0.4, -0.2) is 27.9 Å². The number of rotatable bonds is 7. The Kier molecular flexibility index (Phi) is 6.61. The van der Waals surface area contributed by atoms with E-state index < -0.39 is 21.7 Å². The molecular formula is C21H15N5O6. The zero-order chi connectivity index (χ0) is 23.1. The maximum absolute atomic E-state index is 12.2. The van der Waals surface area contributed by atoms with Crippen LogP contribution in [-0.2, 0) is 0 Å². The van der Waals surface area contributed by atoms with E-state index in [1.165, 1.54) is 79.0 Å². The number of amides is 2. The lowest BCUT2D eigenvalue weighted by Crippen LogP contribution is -2.17. The van der Waals surface area contributed by atoms with Gasteiger partial charge in [0.2, 0.25) is 0 Å². The van der Waals surface area contributed by atoms with Crippen LogP contribution in [0.1, 0.15) is 26.3 Å². The lowest BCUT2D eigenvalue weighted by molar-refractivity contribution is -0.385. The number of nitro benzene ring substituents is 2. The number of nitro groups is 2. The average molecular weight is 433 g/mol. The van der Waals surface area contributed by atoms with Crippen LogP contribution in [0.4, 0.5) is 17.1 Å². The van der Waals surface area contributed by atoms with Crippen molar-refractivity contribution in [3.8, 4) is 0 Å². The summed E-state index contributed by atoms with van der Waals surface area (Å²) in [6, 6.07) is 16.8. The van der Waals surface area contributed by atoms with Crippen LogP contribution in [0.2, 0.25) is 0 Å². The molecule has 2 N–H and O–H groups in total. The van der Waals surface area contributed by atoms with E-state index >= 15 is 0 Å². The predicted octanol–water partition coefficient (Wildman–Crippen LogP) is 3.52. The predicted molar refractivity (Wildman–Crippen MR) is 116 cm³/mol. The van der Waals surface area contributed by atoms with Gasteiger partial charge in [-0.2, -0.15) is 5.10 Å². The molecule has 3 aromatic carbocycles. The lowest BCUT2D eigenvalue weighted by Gasteiger charge is -2.06. The molecule has 0 saturated carbocycles. The van der Waals surface area contributed by atoms with E-state index in [4.69, 9.17) is 0 Å². The first-order chi connectivity index (χ1) is 15.3. The number of non-ortho nitro benzene ring substituents is 2. The SMILES string of the molecule is O=C(N/N=C\c1ccc([N+](=O)[O-])cc1)c1ccc(NC(=O)c2ccc([N+](=O)[O-])cc2)cc1. The van der Waals surface area contributed by atoms with E-state index in [2.05, 4.69) is 15.8 Å². The van der Waals surface area contributed by atoms with Crippen molar-refractivity contribution in [2.24, 2.45) is 5.10 Å². The Balaban J connectivity index is 1.56. The van der Waals surface area contributed by atoms with Gasteiger partial charge in [0.1, 0.15) is 0 Å². The topological polar surface area (TPSA) is 157 Å². The zero-order valence-electron chi connectivity index (χ0n) is 16.3. The van der Waals surface area contributed by atoms with Gasteiger partial charge in [0.05, 0.1) is 16.1 Å². The fourth-order valence-corrected chi connectivity index (χ4v) is 2.55. The van der Waals surface area contributed by atoms with Crippen molar-refractivity contribution >= 4 is 35.1 Å². The molecular weight excluding hydrogens is 418 g/mol. The van der Waals surface area contributed by atoms with Crippen LogP contribution >= 0.6 is 0 Å². The van der Waals surface area contributed by atoms with E-state index in [0.29, 0.717) is 16.8 Å². The smallest absolute Gasteiger partial charge is 0.271 e. The molecule has 11 nitrogen and oxygen atoms in total. The maximum Gasteiger partial charge on any atom is 0.271 e. The van der Waals surface area contributed by atoms with Gasteiger partial charge in [-0.05, 0) is 54.1 Å². The molecule has 0 bridgehead atoms. The number of benzene rings is 3. The molecule has 0 atom stereocenters. The van der Waals surface area contributed by atoms with E-state index in [1.54, 1.807) is 0 Å². The standard InChI is InChI=1S/C21H15N5O6/c27-20(15-5-11-19(12-6-15)26(31)32)23-17-7-3-16(4-8-17)21(28)24-22-13-14-1-9-18(10-2-14)25(29)30/h1-13H,(H,23,27)(H,24,28)/b22-13-. The Labute approximate surface area is 180 Å². The summed E-state index contributed by atoms with van der Waals surface area (Å²) in [6.45, 7) is 0. The highest BCUT2D eigenvalue weighted by atomic mass is 16.6. The molecule has 3 aromatic rings. The summed E-state index contributed by atoms with van der Waals surface area (Å²) in [5.74, 6) is -0.943. The quantitative estimate of drug-likeness (QED) is 0.330. The molecule has 0 aliphatic carbocycles. The molecule has 0 radical (unpaired) electrons. The van der Waals surface area contributed by atoms with Gasteiger partial charge in [0.25, 0.3) is 23.2 Å². The van der Waals surface area contributed by atoms with Crippen molar-refractivity contribution in [1.82, 2.24) is 5.43 Å². The fraction of sp³-hybridized carbons (Fsp3) is 0. The summed E-state index contributed by atoms with van der Waals surface area (Å²) in [6.07, 6.45) is 1.35. The number of carbonyl (C=O) groups excluding carboxylic acids is 2. The van der Waals surface area contributed by atoms with Gasteiger partial charge in [-0.1, -0.05) is 0 Å². The Morgan fingerprint density at radius 1 is 0.719 bits per heavy atom. The maximum atomic E-state index is 12.2. The molecule has 11 heteroatoms. The number of anilines is 1. The zero-order valence-corrected chi connectivity index (χ0v) is 16.3. The van der Waals surface area contributed by atoms with Gasteiger partial charge in [0.15, 0.2) is 0 Å². The fourth-order valence-electron chi connectivity index (χ4n) is 2.55. The minimum Gasteiger partial charge on any atom is -0.322 e. The first kappa shape index (κ1) is 21.8. The van der Waals surface area contributed by atoms with Crippen LogP contribution in [0.5, 0.6) is 0 Å². The van der Waals surface area contributed by atoms with Crippen LogP contribution in [0.15, 0.2) is 77.9 Å². The van der Waals surface area contributed by atoms with Crippen molar-refractivity contribution < 1.29 is 19.4 Å². The van der Waals surface area contributed by atoms with E-state index in [0.717, 1.165) is 0 Å². The lowest BCUT2D eigenvalue weighted by atomic mass is 10.1. The molecule has 32 heavy (non-hydrogen) atoms. The number of nitrogens with one attached hydrogen (secondary N) is 2. The van der Waals surface area contributed by atoms with Gasteiger partial charge >= 0.3 is 0 Å². The van der Waals surface area contributed by atoms with Gasteiger partial charge < -0.3 is 5.32 Å². The molecule has 160 valence electrons. The summed E-state index contributed by atoms with van der Waals surface area (Å²) < 4.78 is 0. The van der Waals surface area contributed by atoms with Gasteiger partial charge in [-0.3, -0.25) is 29.8 Å². The molecule has 0 aliphatic rings. The highest BCUT2D eigenvalue weighted by Crippen LogP contribution is 2.15. The minimum absolute atomic E-state index is 0.0491. The normalized spacial score (nSPS) is 10.5. The Hall–Kier alpha value is -4.93. The average Bonchev–Trinajstić information content (AvgIpc) is 2.80. The summed E-state index contributed by atoms with van der Waals surface area (Å²) in [7, 11) is 0. The second-order valence-corrected chi connectivity index (χ2v) is 6.38. The molecule has 0 unspecified atom stereocenters. The molecule has 0 spiro atoms. The highest BCUT2D eigenvalue weighted by Gasteiger charge is 2.10. The van der Waals surface area contributed by atoms with Crippen LogP contribution in [0.3, 0.4) is 0 Å². The van der Waals surface area contributed by atoms with Crippen LogP contribution < -0.4 is 10.7 Å². The van der Waals surface area contributed by atoms with E-state index in [1.807, 2.05) is 0 Å². The molecule has 3 rings (SSSR count). The monoisotopic (exact) mass is 433 g/mol. The molecule has 0 heterocycles. The first-order valence-corrected chi connectivity index (χ1v) is 9.07. The van der Waals surface area contributed by atoms with E-state index in [9.17, 15) is 29.8 Å². The molecule has 0 aromatic heterocycles. The number of hydrogen-bond acceptors (Lipinski definition) is 7. The summed E-state index contributed by atoms with van der Waals surface area (Å²) >= 11 is 0. The van der Waals surface area contributed by atoms with Crippen molar-refractivity contribution in [2.75, 3.05) is 5.32 Å². The summed E-state index contributed by atoms with van der Waals surface area (Å²) in [4.78, 5) is 44.6. The van der Waals surface area contributed by atoms with Gasteiger partial charge in [0, 0.05) is 41.1 Å². The Morgan fingerprint density at radius 2 is 1.19 bits per heavy atom. The van der Waals surface area contributed by atoms with Crippen LogP contribution in [0, 0.1) is 20.2 Å². The van der Waals surface area contributed by atoms with Crippen molar-refractivity contribution in [3.63, 3.8) is 0 Å². The third-order valence-corrected chi connectivity index (χ3v) is 4.23. The van der Waals surface area contributed by atoms with Gasteiger partial charge in [-0.15, -0.1) is 0 Å².